The maximum atomic E-state index is 11.9. The highest BCUT2D eigenvalue weighted by molar-refractivity contribution is 8.13. The molecule has 0 aliphatic carbocycles. The molecule has 0 atom stereocenters. The molecule has 0 spiro atoms. The van der Waals surface area contributed by atoms with E-state index in [4.69, 9.17) is 10.7 Å². The second-order valence-corrected chi connectivity index (χ2v) is 10.9. The first-order valence-corrected chi connectivity index (χ1v) is 11.5. The summed E-state index contributed by atoms with van der Waals surface area (Å²) in [5, 5.41) is 0. The number of halogens is 1. The molecule has 0 amide bonds. The first-order chi connectivity index (χ1) is 9.42. The van der Waals surface area contributed by atoms with Gasteiger partial charge in [-0.15, -0.1) is 0 Å². The average molecular weight is 376 g/mol. The minimum atomic E-state index is -4.03. The molecule has 1 rings (SSSR count). The zero-order valence-electron chi connectivity index (χ0n) is 11.0. The monoisotopic (exact) mass is 375 g/mol. The summed E-state index contributed by atoms with van der Waals surface area (Å²) in [5.74, 6) is -0.147. The quantitative estimate of drug-likeness (QED) is 0.542. The number of benzene rings is 1. The van der Waals surface area contributed by atoms with E-state index in [-0.39, 0.29) is 28.5 Å². The van der Waals surface area contributed by atoms with E-state index >= 15 is 0 Å². The van der Waals surface area contributed by atoms with Gasteiger partial charge in [0, 0.05) is 23.5 Å². The molecule has 0 aliphatic rings. The molecule has 21 heavy (non-hydrogen) atoms. The van der Waals surface area contributed by atoms with Crippen LogP contribution in [0.15, 0.2) is 34.1 Å². The van der Waals surface area contributed by atoms with Crippen LogP contribution in [0.3, 0.4) is 0 Å². The molecule has 0 aromatic heterocycles. The normalized spacial score (nSPS) is 13.2. The Morgan fingerprint density at radius 2 is 1.62 bits per heavy atom. The number of sulfonamides is 1. The molecular weight excluding hydrogens is 362 g/mol. The summed E-state index contributed by atoms with van der Waals surface area (Å²) in [4.78, 5) is -0.591. The van der Waals surface area contributed by atoms with E-state index in [1.807, 2.05) is 0 Å². The van der Waals surface area contributed by atoms with Gasteiger partial charge in [-0.05, 0) is 24.6 Å². The van der Waals surface area contributed by atoms with Gasteiger partial charge in [0.05, 0.1) is 15.5 Å². The smallest absolute Gasteiger partial charge is 0.229 e. The molecule has 1 aromatic rings. The van der Waals surface area contributed by atoms with E-state index in [9.17, 15) is 25.3 Å². The molecule has 0 bridgehead atoms. The van der Waals surface area contributed by atoms with Crippen LogP contribution in [0.5, 0.6) is 0 Å². The Bertz CT molecular complexity index is 814. The second kappa shape index (κ2) is 6.61. The topological polar surface area (TPSA) is 114 Å². The number of hydrogen-bond donors (Lipinski definition) is 1. The molecule has 120 valence electrons. The van der Waals surface area contributed by atoms with Gasteiger partial charge in [-0.25, -0.2) is 30.0 Å². The number of nitrogens with one attached hydrogen (secondary N) is 1. The van der Waals surface area contributed by atoms with Crippen molar-refractivity contribution in [2.24, 2.45) is 0 Å². The molecule has 1 N–H and O–H groups in total. The molecule has 0 unspecified atom stereocenters. The third-order valence-electron chi connectivity index (χ3n) is 2.38. The van der Waals surface area contributed by atoms with E-state index < -0.39 is 28.9 Å². The minimum Gasteiger partial charge on any atom is -0.229 e. The maximum absolute atomic E-state index is 11.9. The van der Waals surface area contributed by atoms with E-state index in [2.05, 4.69) is 4.72 Å². The molecule has 0 saturated heterocycles. The fourth-order valence-electron chi connectivity index (χ4n) is 1.42. The SMILES string of the molecule is CS(=O)(=O)CCCNS(=O)(=O)c1cccc(S(=O)(=O)Cl)c1. The standard InChI is InChI=1S/C10H14ClNO6S3/c1-19(13,14)7-3-6-12-21(17,18)10-5-2-4-9(8-10)20(11,15)16/h2,4-5,8,12H,3,6-7H2,1H3. The fraction of sp³-hybridized carbons (Fsp3) is 0.400. The van der Waals surface area contributed by atoms with E-state index in [1.54, 1.807) is 0 Å². The molecule has 0 heterocycles. The second-order valence-electron chi connectivity index (χ2n) is 4.29. The van der Waals surface area contributed by atoms with Crippen LogP contribution in [0.4, 0.5) is 0 Å². The predicted molar refractivity (Wildman–Crippen MR) is 79.0 cm³/mol. The molecule has 1 aromatic carbocycles. The van der Waals surface area contributed by atoms with Crippen molar-refractivity contribution in [1.29, 1.82) is 0 Å². The lowest BCUT2D eigenvalue weighted by atomic mass is 10.4. The summed E-state index contributed by atoms with van der Waals surface area (Å²) < 4.78 is 70.2. The van der Waals surface area contributed by atoms with E-state index in [1.165, 1.54) is 18.2 Å². The minimum absolute atomic E-state index is 0.0761. The lowest BCUT2D eigenvalue weighted by Gasteiger charge is -2.07. The van der Waals surface area contributed by atoms with Crippen molar-refractivity contribution in [2.45, 2.75) is 16.2 Å². The predicted octanol–water partition coefficient (Wildman–Crippen LogP) is 0.327. The summed E-state index contributed by atoms with van der Waals surface area (Å²) in [6, 6.07) is 4.57. The van der Waals surface area contributed by atoms with Crippen molar-refractivity contribution in [3.05, 3.63) is 24.3 Å². The van der Waals surface area contributed by atoms with Gasteiger partial charge in [0.2, 0.25) is 10.0 Å². The van der Waals surface area contributed by atoms with Crippen molar-refractivity contribution < 1.29 is 25.3 Å². The number of sulfone groups is 1. The first-order valence-electron chi connectivity index (χ1n) is 5.64. The third-order valence-corrected chi connectivity index (χ3v) is 6.22. The summed E-state index contributed by atoms with van der Waals surface area (Å²) in [6.45, 7) is -0.0761. The largest absolute Gasteiger partial charge is 0.261 e. The molecular formula is C10H14ClNO6S3. The molecule has 11 heteroatoms. The van der Waals surface area contributed by atoms with E-state index in [0.717, 1.165) is 12.3 Å². The summed E-state index contributed by atoms with van der Waals surface area (Å²) in [6.07, 6.45) is 1.17. The Hall–Kier alpha value is -0.680. The summed E-state index contributed by atoms with van der Waals surface area (Å²) in [7, 11) is -5.97. The van der Waals surface area contributed by atoms with Gasteiger partial charge < -0.3 is 0 Å². The molecule has 0 aliphatic heterocycles. The summed E-state index contributed by atoms with van der Waals surface area (Å²) in [5.41, 5.74) is 0. The highest BCUT2D eigenvalue weighted by atomic mass is 35.7. The first kappa shape index (κ1) is 18.4. The Kier molecular flexibility index (Phi) is 5.78. The van der Waals surface area contributed by atoms with Crippen LogP contribution >= 0.6 is 10.7 Å². The zero-order valence-corrected chi connectivity index (χ0v) is 14.2. The lowest BCUT2D eigenvalue weighted by molar-refractivity contribution is 0.577. The number of rotatable bonds is 7. The van der Waals surface area contributed by atoms with Gasteiger partial charge in [0.15, 0.2) is 0 Å². The Morgan fingerprint density at radius 3 is 2.14 bits per heavy atom. The van der Waals surface area contributed by atoms with Crippen LogP contribution < -0.4 is 4.72 Å². The number of hydrogen-bond acceptors (Lipinski definition) is 6. The highest BCUT2D eigenvalue weighted by Crippen LogP contribution is 2.18. The molecule has 7 nitrogen and oxygen atoms in total. The Labute approximate surface area is 128 Å². The van der Waals surface area contributed by atoms with Gasteiger partial charge >= 0.3 is 0 Å². The van der Waals surface area contributed by atoms with E-state index in [0.29, 0.717) is 0 Å². The third kappa shape index (κ3) is 6.30. The van der Waals surface area contributed by atoms with Crippen molar-refractivity contribution in [2.75, 3.05) is 18.6 Å². The summed E-state index contributed by atoms with van der Waals surface area (Å²) >= 11 is 0. The zero-order chi connectivity index (χ0) is 16.3. The van der Waals surface area contributed by atoms with Crippen molar-refractivity contribution in [3.63, 3.8) is 0 Å². The Balaban J connectivity index is 2.84. The van der Waals surface area contributed by atoms with Gasteiger partial charge in [0.1, 0.15) is 9.84 Å². The molecule has 0 radical (unpaired) electrons. The van der Waals surface area contributed by atoms with Crippen molar-refractivity contribution in [3.8, 4) is 0 Å². The fourth-order valence-corrected chi connectivity index (χ4v) is 4.08. The average Bonchev–Trinajstić information content (AvgIpc) is 2.33. The van der Waals surface area contributed by atoms with Crippen LogP contribution in [0.1, 0.15) is 6.42 Å². The van der Waals surface area contributed by atoms with Crippen LogP contribution in [0.2, 0.25) is 0 Å². The highest BCUT2D eigenvalue weighted by Gasteiger charge is 2.17. The maximum Gasteiger partial charge on any atom is 0.261 e. The van der Waals surface area contributed by atoms with Crippen molar-refractivity contribution >= 4 is 39.6 Å². The van der Waals surface area contributed by atoms with Crippen LogP contribution in [-0.4, -0.2) is 43.8 Å². The van der Waals surface area contributed by atoms with Gasteiger partial charge in [-0.1, -0.05) is 6.07 Å². The Morgan fingerprint density at radius 1 is 1.05 bits per heavy atom. The van der Waals surface area contributed by atoms with Crippen molar-refractivity contribution in [1.82, 2.24) is 4.72 Å². The molecule has 0 fully saturated rings. The lowest BCUT2D eigenvalue weighted by Crippen LogP contribution is -2.26. The molecule has 0 saturated carbocycles. The van der Waals surface area contributed by atoms with Crippen LogP contribution in [-0.2, 0) is 28.9 Å². The van der Waals surface area contributed by atoms with Crippen LogP contribution in [0, 0.1) is 0 Å². The van der Waals surface area contributed by atoms with Crippen LogP contribution in [0.25, 0.3) is 0 Å². The van der Waals surface area contributed by atoms with Gasteiger partial charge in [-0.2, -0.15) is 0 Å². The van der Waals surface area contributed by atoms with Gasteiger partial charge in [0.25, 0.3) is 9.05 Å². The van der Waals surface area contributed by atoms with Gasteiger partial charge in [-0.3, -0.25) is 0 Å².